The maximum atomic E-state index is 11.8. The van der Waals surface area contributed by atoms with Crippen molar-refractivity contribution in [2.45, 2.75) is 6.42 Å². The van der Waals surface area contributed by atoms with Crippen LogP contribution in [0.1, 0.15) is 12.0 Å². The lowest BCUT2D eigenvalue weighted by molar-refractivity contribution is 0.481. The van der Waals surface area contributed by atoms with Gasteiger partial charge in [0.15, 0.2) is 0 Å². The van der Waals surface area contributed by atoms with Crippen LogP contribution in [-0.4, -0.2) is 13.2 Å². The number of nitrogens with one attached hydrogen (secondary N) is 1. The fraction of sp³-hybridized carbons (Fsp3) is 0.300. The van der Waals surface area contributed by atoms with Crippen molar-refractivity contribution in [3.63, 3.8) is 0 Å². The van der Waals surface area contributed by atoms with Gasteiger partial charge in [-0.05, 0) is 24.6 Å². The molecule has 1 rings (SSSR count). The molecule has 0 aliphatic carbocycles. The Balaban J connectivity index is 2.63. The molecule has 0 unspecified atom stereocenters. The van der Waals surface area contributed by atoms with Crippen LogP contribution >= 0.6 is 11.6 Å². The molecule has 2 nitrogen and oxygen atoms in total. The molecule has 0 aromatic heterocycles. The second-order valence-corrected chi connectivity index (χ2v) is 3.18. The topological polar surface area (TPSA) is 35.8 Å². The minimum Gasteiger partial charge on any atom is -0.385 e. The minimum absolute atomic E-state index is 0.336. The average molecular weight is 213 g/mol. The molecule has 74 valence electrons. The van der Waals surface area contributed by atoms with Crippen LogP contribution in [0.3, 0.4) is 0 Å². The number of benzene rings is 1. The Kier molecular flexibility index (Phi) is 4.21. The van der Waals surface area contributed by atoms with Crippen molar-refractivity contribution in [2.24, 2.45) is 0 Å². The first-order valence-electron chi connectivity index (χ1n) is 4.27. The summed E-state index contributed by atoms with van der Waals surface area (Å²) in [5.74, 6) is 0. The fourth-order valence-electron chi connectivity index (χ4n) is 1.02. The highest BCUT2D eigenvalue weighted by atomic mass is 35.5. The highest BCUT2D eigenvalue weighted by Gasteiger charge is 1.99. The summed E-state index contributed by atoms with van der Waals surface area (Å²) in [6.45, 7) is 0.232. The van der Waals surface area contributed by atoms with E-state index >= 15 is 0 Å². The molecule has 0 fully saturated rings. The summed E-state index contributed by atoms with van der Waals surface area (Å²) in [6.07, 6.45) is 0.470. The molecule has 0 spiro atoms. The summed E-state index contributed by atoms with van der Waals surface area (Å²) < 4.78 is 11.8. The molecule has 0 heterocycles. The number of nitrogens with zero attached hydrogens (tertiary/aromatic N) is 1. The second-order valence-electron chi connectivity index (χ2n) is 2.78. The van der Waals surface area contributed by atoms with Gasteiger partial charge in [0.2, 0.25) is 0 Å². The van der Waals surface area contributed by atoms with E-state index in [2.05, 4.69) is 5.32 Å². The normalized spacial score (nSPS) is 9.50. The van der Waals surface area contributed by atoms with Gasteiger partial charge in [0.25, 0.3) is 0 Å². The molecule has 0 amide bonds. The van der Waals surface area contributed by atoms with Crippen molar-refractivity contribution in [2.75, 3.05) is 18.5 Å². The third kappa shape index (κ3) is 2.90. The monoisotopic (exact) mass is 212 g/mol. The first-order valence-corrected chi connectivity index (χ1v) is 4.65. The second kappa shape index (κ2) is 5.46. The van der Waals surface area contributed by atoms with Gasteiger partial charge in [-0.1, -0.05) is 11.6 Å². The van der Waals surface area contributed by atoms with Gasteiger partial charge in [-0.2, -0.15) is 5.26 Å². The number of hydrogen-bond donors (Lipinski definition) is 1. The Morgan fingerprint density at radius 1 is 1.50 bits per heavy atom. The van der Waals surface area contributed by atoms with Crippen LogP contribution in [0.5, 0.6) is 0 Å². The van der Waals surface area contributed by atoms with Crippen molar-refractivity contribution >= 4 is 17.3 Å². The van der Waals surface area contributed by atoms with Crippen LogP contribution < -0.4 is 5.32 Å². The molecule has 14 heavy (non-hydrogen) atoms. The first-order chi connectivity index (χ1) is 6.77. The van der Waals surface area contributed by atoms with Gasteiger partial charge in [0.1, 0.15) is 6.07 Å². The van der Waals surface area contributed by atoms with Gasteiger partial charge >= 0.3 is 0 Å². The zero-order valence-corrected chi connectivity index (χ0v) is 8.31. The van der Waals surface area contributed by atoms with E-state index in [1.807, 2.05) is 6.07 Å². The molecule has 0 bridgehead atoms. The molecule has 1 aromatic rings. The summed E-state index contributed by atoms with van der Waals surface area (Å²) in [5.41, 5.74) is 1.25. The number of halogens is 2. The van der Waals surface area contributed by atoms with Gasteiger partial charge in [-0.25, -0.2) is 0 Å². The first kappa shape index (κ1) is 10.8. The van der Waals surface area contributed by atoms with Gasteiger partial charge in [0, 0.05) is 12.2 Å². The van der Waals surface area contributed by atoms with E-state index < -0.39 is 0 Å². The quantitative estimate of drug-likeness (QED) is 0.779. The van der Waals surface area contributed by atoms with Gasteiger partial charge in [-0.15, -0.1) is 0 Å². The zero-order valence-electron chi connectivity index (χ0n) is 7.56. The summed E-state index contributed by atoms with van der Waals surface area (Å²) in [5, 5.41) is 12.0. The predicted molar refractivity (Wildman–Crippen MR) is 55.2 cm³/mol. The molecule has 0 radical (unpaired) electrons. The fourth-order valence-corrected chi connectivity index (χ4v) is 1.24. The zero-order chi connectivity index (χ0) is 10.4. The van der Waals surface area contributed by atoms with Crippen LogP contribution in [0.15, 0.2) is 18.2 Å². The standard InChI is InChI=1S/C10H10ClFN2/c11-10-6-9(14-5-1-4-12)3-2-8(10)7-13/h2-3,6,14H,1,4-5H2. The number of nitriles is 1. The Hall–Kier alpha value is -1.27. The van der Waals surface area contributed by atoms with Crippen LogP contribution in [-0.2, 0) is 0 Å². The SMILES string of the molecule is N#Cc1ccc(NCCCF)cc1Cl. The van der Waals surface area contributed by atoms with Crippen LogP contribution in [0.4, 0.5) is 10.1 Å². The van der Waals surface area contributed by atoms with E-state index in [1.54, 1.807) is 18.2 Å². The van der Waals surface area contributed by atoms with E-state index in [4.69, 9.17) is 16.9 Å². The Bertz CT molecular complexity index is 346. The molecule has 1 aromatic carbocycles. The van der Waals surface area contributed by atoms with Gasteiger partial charge in [-0.3, -0.25) is 4.39 Å². The summed E-state index contributed by atoms with van der Waals surface area (Å²) >= 11 is 5.81. The third-order valence-corrected chi connectivity index (χ3v) is 2.04. The van der Waals surface area contributed by atoms with E-state index in [9.17, 15) is 4.39 Å². The van der Waals surface area contributed by atoms with Gasteiger partial charge < -0.3 is 5.32 Å². The molecule has 4 heteroatoms. The average Bonchev–Trinajstić information content (AvgIpc) is 2.18. The van der Waals surface area contributed by atoms with E-state index in [-0.39, 0.29) is 6.67 Å². The highest BCUT2D eigenvalue weighted by Crippen LogP contribution is 2.19. The molecular formula is C10H10ClFN2. The molecule has 1 N–H and O–H groups in total. The summed E-state index contributed by atoms with van der Waals surface area (Å²) in [7, 11) is 0. The molecule has 0 saturated heterocycles. The Morgan fingerprint density at radius 2 is 2.29 bits per heavy atom. The number of anilines is 1. The number of alkyl halides is 1. The molecule has 0 aliphatic rings. The molecule has 0 atom stereocenters. The summed E-state index contributed by atoms with van der Waals surface area (Å²) in [4.78, 5) is 0. The van der Waals surface area contributed by atoms with Crippen molar-refractivity contribution in [3.8, 4) is 6.07 Å². The summed E-state index contributed by atoms with van der Waals surface area (Å²) in [6, 6.07) is 7.03. The maximum Gasteiger partial charge on any atom is 0.101 e. The highest BCUT2D eigenvalue weighted by molar-refractivity contribution is 6.32. The molecular weight excluding hydrogens is 203 g/mol. The van der Waals surface area contributed by atoms with E-state index in [0.717, 1.165) is 5.69 Å². The van der Waals surface area contributed by atoms with Crippen molar-refractivity contribution < 1.29 is 4.39 Å². The number of hydrogen-bond acceptors (Lipinski definition) is 2. The molecule has 0 aliphatic heterocycles. The lowest BCUT2D eigenvalue weighted by Gasteiger charge is -2.05. The Morgan fingerprint density at radius 3 is 2.86 bits per heavy atom. The largest absolute Gasteiger partial charge is 0.385 e. The number of rotatable bonds is 4. The van der Waals surface area contributed by atoms with E-state index in [1.165, 1.54) is 0 Å². The lowest BCUT2D eigenvalue weighted by atomic mass is 10.2. The maximum absolute atomic E-state index is 11.8. The predicted octanol–water partition coefficient (Wildman–Crippen LogP) is 2.98. The third-order valence-electron chi connectivity index (χ3n) is 1.73. The van der Waals surface area contributed by atoms with E-state index in [0.29, 0.717) is 23.6 Å². The van der Waals surface area contributed by atoms with Crippen molar-refractivity contribution in [1.29, 1.82) is 5.26 Å². The smallest absolute Gasteiger partial charge is 0.101 e. The minimum atomic E-state index is -0.336. The van der Waals surface area contributed by atoms with Crippen molar-refractivity contribution in [3.05, 3.63) is 28.8 Å². The van der Waals surface area contributed by atoms with Crippen LogP contribution in [0.25, 0.3) is 0 Å². The molecule has 0 saturated carbocycles. The van der Waals surface area contributed by atoms with Crippen molar-refractivity contribution in [1.82, 2.24) is 0 Å². The van der Waals surface area contributed by atoms with Crippen LogP contribution in [0.2, 0.25) is 5.02 Å². The van der Waals surface area contributed by atoms with Gasteiger partial charge in [0.05, 0.1) is 17.3 Å². The lowest BCUT2D eigenvalue weighted by Crippen LogP contribution is -2.01. The van der Waals surface area contributed by atoms with Crippen LogP contribution in [0, 0.1) is 11.3 Å². The Labute approximate surface area is 87.3 Å².